The molecule has 3 rings (SSSR count). The minimum Gasteiger partial charge on any atom is -0.507 e. The zero-order valence-corrected chi connectivity index (χ0v) is 11.9. The Hall–Kier alpha value is -2.66. The highest BCUT2D eigenvalue weighted by atomic mass is 32.1. The van der Waals surface area contributed by atoms with Gasteiger partial charge in [-0.05, 0) is 17.7 Å². The van der Waals surface area contributed by atoms with Crippen molar-refractivity contribution < 1.29 is 5.11 Å². The molecule has 21 heavy (non-hydrogen) atoms. The van der Waals surface area contributed by atoms with E-state index in [0.717, 1.165) is 21.7 Å². The Morgan fingerprint density at radius 1 is 1.00 bits per heavy atom. The van der Waals surface area contributed by atoms with Gasteiger partial charge < -0.3 is 10.8 Å². The maximum absolute atomic E-state index is 9.96. The average Bonchev–Trinajstić information content (AvgIpc) is 2.93. The molecule has 0 radical (unpaired) electrons. The SMILES string of the molecule is Nc1nnc(/C(=C/c2ccccc2O)c2ccccc2)s1. The van der Waals surface area contributed by atoms with Crippen LogP contribution in [-0.4, -0.2) is 15.3 Å². The van der Waals surface area contributed by atoms with Crippen molar-refractivity contribution in [2.24, 2.45) is 0 Å². The third-order valence-corrected chi connectivity index (χ3v) is 3.78. The largest absolute Gasteiger partial charge is 0.507 e. The molecule has 2 aromatic carbocycles. The fourth-order valence-electron chi connectivity index (χ4n) is 1.99. The Morgan fingerprint density at radius 2 is 1.71 bits per heavy atom. The monoisotopic (exact) mass is 295 g/mol. The molecule has 1 heterocycles. The van der Waals surface area contributed by atoms with Crippen molar-refractivity contribution in [2.75, 3.05) is 5.73 Å². The maximum atomic E-state index is 9.96. The summed E-state index contributed by atoms with van der Waals surface area (Å²) >= 11 is 1.32. The molecular weight excluding hydrogens is 282 g/mol. The number of hydrogen-bond acceptors (Lipinski definition) is 5. The maximum Gasteiger partial charge on any atom is 0.203 e. The fourth-order valence-corrected chi connectivity index (χ4v) is 2.64. The predicted octanol–water partition coefficient (Wildman–Crippen LogP) is 3.41. The van der Waals surface area contributed by atoms with E-state index in [4.69, 9.17) is 5.73 Å². The van der Waals surface area contributed by atoms with Crippen LogP contribution in [0, 0.1) is 0 Å². The lowest BCUT2D eigenvalue weighted by atomic mass is 10.0. The van der Waals surface area contributed by atoms with Gasteiger partial charge in [-0.15, -0.1) is 10.2 Å². The fraction of sp³-hybridized carbons (Fsp3) is 0. The molecular formula is C16H13N3OS. The summed E-state index contributed by atoms with van der Waals surface area (Å²) in [6.07, 6.45) is 1.89. The summed E-state index contributed by atoms with van der Waals surface area (Å²) in [6.45, 7) is 0. The van der Waals surface area contributed by atoms with Crippen molar-refractivity contribution in [1.82, 2.24) is 10.2 Å². The van der Waals surface area contributed by atoms with E-state index < -0.39 is 0 Å². The highest BCUT2D eigenvalue weighted by Crippen LogP contribution is 2.31. The second kappa shape index (κ2) is 5.76. The molecule has 1 aromatic heterocycles. The van der Waals surface area contributed by atoms with E-state index in [2.05, 4.69) is 10.2 Å². The minimum absolute atomic E-state index is 0.225. The van der Waals surface area contributed by atoms with Crippen LogP contribution in [0.5, 0.6) is 5.75 Å². The molecule has 3 aromatic rings. The smallest absolute Gasteiger partial charge is 0.203 e. The lowest BCUT2D eigenvalue weighted by Gasteiger charge is -2.05. The Morgan fingerprint density at radius 3 is 2.38 bits per heavy atom. The molecule has 0 saturated heterocycles. The van der Waals surface area contributed by atoms with Gasteiger partial charge in [0.25, 0.3) is 0 Å². The van der Waals surface area contributed by atoms with Crippen LogP contribution in [0.15, 0.2) is 54.6 Å². The molecule has 0 unspecified atom stereocenters. The van der Waals surface area contributed by atoms with E-state index in [1.54, 1.807) is 12.1 Å². The van der Waals surface area contributed by atoms with Gasteiger partial charge in [0.05, 0.1) is 0 Å². The van der Waals surface area contributed by atoms with Gasteiger partial charge in [0.2, 0.25) is 5.13 Å². The molecule has 3 N–H and O–H groups in total. The second-order valence-corrected chi connectivity index (χ2v) is 5.44. The predicted molar refractivity (Wildman–Crippen MR) is 85.8 cm³/mol. The van der Waals surface area contributed by atoms with E-state index in [0.29, 0.717) is 5.13 Å². The Bertz CT molecular complexity index is 781. The molecule has 4 nitrogen and oxygen atoms in total. The van der Waals surface area contributed by atoms with Crippen LogP contribution in [0.3, 0.4) is 0 Å². The number of benzene rings is 2. The summed E-state index contributed by atoms with van der Waals surface area (Å²) in [5, 5.41) is 19.1. The molecule has 0 aliphatic carbocycles. The van der Waals surface area contributed by atoms with Crippen LogP contribution in [0.2, 0.25) is 0 Å². The van der Waals surface area contributed by atoms with Crippen molar-refractivity contribution >= 4 is 28.1 Å². The second-order valence-electron chi connectivity index (χ2n) is 4.43. The van der Waals surface area contributed by atoms with Crippen LogP contribution < -0.4 is 5.73 Å². The first-order valence-electron chi connectivity index (χ1n) is 6.38. The summed E-state index contributed by atoms with van der Waals surface area (Å²) < 4.78 is 0. The van der Waals surface area contributed by atoms with E-state index in [1.165, 1.54) is 11.3 Å². The standard InChI is InChI=1S/C16H13N3OS/c17-16-19-18-15(21-16)13(11-6-2-1-3-7-11)10-12-8-4-5-9-14(12)20/h1-10,20H,(H2,17,19)/b13-10+. The van der Waals surface area contributed by atoms with Crippen molar-refractivity contribution in [3.8, 4) is 5.75 Å². The lowest BCUT2D eigenvalue weighted by Crippen LogP contribution is -1.88. The van der Waals surface area contributed by atoms with E-state index in [-0.39, 0.29) is 5.75 Å². The number of aromatic hydroxyl groups is 1. The number of nitrogen functional groups attached to an aromatic ring is 1. The van der Waals surface area contributed by atoms with Crippen LogP contribution in [0.1, 0.15) is 16.1 Å². The molecule has 0 spiro atoms. The van der Waals surface area contributed by atoms with Crippen molar-refractivity contribution in [1.29, 1.82) is 0 Å². The first-order chi connectivity index (χ1) is 10.2. The van der Waals surface area contributed by atoms with Crippen molar-refractivity contribution in [3.63, 3.8) is 0 Å². The first-order valence-corrected chi connectivity index (χ1v) is 7.20. The van der Waals surface area contributed by atoms with E-state index in [1.807, 2.05) is 48.5 Å². The molecule has 0 bridgehead atoms. The van der Waals surface area contributed by atoms with Gasteiger partial charge >= 0.3 is 0 Å². The average molecular weight is 295 g/mol. The Balaban J connectivity index is 2.15. The van der Waals surface area contributed by atoms with Gasteiger partial charge in [0.15, 0.2) is 0 Å². The van der Waals surface area contributed by atoms with Crippen LogP contribution in [-0.2, 0) is 0 Å². The summed E-state index contributed by atoms with van der Waals surface area (Å²) in [7, 11) is 0. The number of nitrogens with two attached hydrogens (primary N) is 1. The van der Waals surface area contributed by atoms with Crippen molar-refractivity contribution in [3.05, 3.63) is 70.7 Å². The van der Waals surface area contributed by atoms with Gasteiger partial charge in [0.1, 0.15) is 10.8 Å². The summed E-state index contributed by atoms with van der Waals surface area (Å²) in [6, 6.07) is 17.0. The lowest BCUT2D eigenvalue weighted by molar-refractivity contribution is 0.474. The molecule has 0 aliphatic heterocycles. The van der Waals surface area contributed by atoms with Gasteiger partial charge in [-0.25, -0.2) is 0 Å². The normalized spacial score (nSPS) is 11.5. The van der Waals surface area contributed by atoms with Gasteiger partial charge in [0, 0.05) is 11.1 Å². The number of anilines is 1. The quantitative estimate of drug-likeness (QED) is 0.726. The summed E-state index contributed by atoms with van der Waals surface area (Å²) in [5.41, 5.74) is 8.29. The van der Waals surface area contributed by atoms with E-state index in [9.17, 15) is 5.11 Å². The molecule has 0 fully saturated rings. The zero-order valence-electron chi connectivity index (χ0n) is 11.1. The number of phenols is 1. The van der Waals surface area contributed by atoms with E-state index >= 15 is 0 Å². The molecule has 0 aliphatic rings. The van der Waals surface area contributed by atoms with Gasteiger partial charge in [-0.3, -0.25) is 0 Å². The van der Waals surface area contributed by atoms with Gasteiger partial charge in [-0.2, -0.15) is 0 Å². The van der Waals surface area contributed by atoms with Crippen LogP contribution >= 0.6 is 11.3 Å². The number of hydrogen-bond donors (Lipinski definition) is 2. The molecule has 104 valence electrons. The van der Waals surface area contributed by atoms with Crippen molar-refractivity contribution in [2.45, 2.75) is 0 Å². The topological polar surface area (TPSA) is 72.0 Å². The zero-order chi connectivity index (χ0) is 14.7. The van der Waals surface area contributed by atoms with Crippen LogP contribution in [0.25, 0.3) is 11.6 Å². The molecule has 0 saturated carbocycles. The third-order valence-electron chi connectivity index (χ3n) is 2.99. The Kier molecular flexibility index (Phi) is 3.66. The highest BCUT2D eigenvalue weighted by molar-refractivity contribution is 7.16. The highest BCUT2D eigenvalue weighted by Gasteiger charge is 2.11. The molecule has 0 amide bonds. The number of rotatable bonds is 3. The number of aromatic nitrogens is 2. The number of phenolic OH excluding ortho intramolecular Hbond substituents is 1. The Labute approximate surface area is 126 Å². The minimum atomic E-state index is 0.225. The molecule has 0 atom stereocenters. The first kappa shape index (κ1) is 13.3. The summed E-state index contributed by atoms with van der Waals surface area (Å²) in [5.74, 6) is 0.225. The number of para-hydroxylation sites is 1. The van der Waals surface area contributed by atoms with Crippen LogP contribution in [0.4, 0.5) is 5.13 Å². The third kappa shape index (κ3) is 2.93. The molecule has 5 heteroatoms. The number of nitrogens with zero attached hydrogens (tertiary/aromatic N) is 2. The summed E-state index contributed by atoms with van der Waals surface area (Å²) in [4.78, 5) is 0. The van der Waals surface area contributed by atoms with Gasteiger partial charge in [-0.1, -0.05) is 59.9 Å².